The van der Waals surface area contributed by atoms with Crippen LogP contribution in [-0.2, 0) is 4.79 Å². The van der Waals surface area contributed by atoms with Crippen molar-refractivity contribution in [3.8, 4) is 0 Å². The largest absolute Gasteiger partial charge is 0.480 e. The maximum absolute atomic E-state index is 11.2. The number of nitro groups is 1. The Hall–Kier alpha value is -2.96. The van der Waals surface area contributed by atoms with Gasteiger partial charge in [0.05, 0.1) is 10.3 Å². The summed E-state index contributed by atoms with van der Waals surface area (Å²) < 4.78 is 0. The van der Waals surface area contributed by atoms with Crippen molar-refractivity contribution in [1.29, 1.82) is 0 Å². The van der Waals surface area contributed by atoms with Crippen LogP contribution in [0.15, 0.2) is 43.2 Å². The van der Waals surface area contributed by atoms with Gasteiger partial charge in [0.25, 0.3) is 5.69 Å². The average Bonchev–Trinajstić information content (AvgIpc) is 2.46. The molecule has 7 nitrogen and oxygen atoms in total. The fraction of sp³-hybridized carbons (Fsp3) is 0.143. The second kappa shape index (κ2) is 6.00. The maximum atomic E-state index is 11.2. The Labute approximate surface area is 120 Å². The van der Waals surface area contributed by atoms with Gasteiger partial charge >= 0.3 is 5.97 Å². The number of aromatic nitrogens is 1. The van der Waals surface area contributed by atoms with Crippen LogP contribution in [-0.4, -0.2) is 27.0 Å². The van der Waals surface area contributed by atoms with Crippen LogP contribution in [0.1, 0.15) is 6.42 Å². The fourth-order valence-corrected chi connectivity index (χ4v) is 2.04. The van der Waals surface area contributed by atoms with Crippen LogP contribution >= 0.6 is 0 Å². The van der Waals surface area contributed by atoms with E-state index in [2.05, 4.69) is 16.9 Å². The van der Waals surface area contributed by atoms with Gasteiger partial charge in [0.15, 0.2) is 0 Å². The van der Waals surface area contributed by atoms with Crippen LogP contribution in [0, 0.1) is 10.1 Å². The highest BCUT2D eigenvalue weighted by molar-refractivity contribution is 6.00. The maximum Gasteiger partial charge on any atom is 0.326 e. The van der Waals surface area contributed by atoms with Gasteiger partial charge in [0.2, 0.25) is 0 Å². The molecule has 0 fully saturated rings. The monoisotopic (exact) mass is 287 g/mol. The number of carboxylic acid groups (broad SMARTS) is 1. The zero-order valence-corrected chi connectivity index (χ0v) is 11.0. The first kappa shape index (κ1) is 14.4. The number of non-ortho nitro benzene ring substituents is 1. The number of hydrogen-bond donors (Lipinski definition) is 2. The van der Waals surface area contributed by atoms with Gasteiger partial charge in [-0.2, -0.15) is 0 Å². The van der Waals surface area contributed by atoms with Crippen molar-refractivity contribution >= 4 is 28.1 Å². The first-order chi connectivity index (χ1) is 10.0. The lowest BCUT2D eigenvalue weighted by Gasteiger charge is -2.15. The molecule has 2 N–H and O–H groups in total. The molecule has 0 aliphatic carbocycles. The lowest BCUT2D eigenvalue weighted by atomic mass is 10.1. The molecule has 7 heteroatoms. The van der Waals surface area contributed by atoms with Crippen molar-refractivity contribution < 1.29 is 14.8 Å². The van der Waals surface area contributed by atoms with Crippen molar-refractivity contribution in [1.82, 2.24) is 4.98 Å². The van der Waals surface area contributed by atoms with E-state index in [0.717, 1.165) is 0 Å². The SMILES string of the molecule is C=CCC(Nc1ccc([N+](=O)[O-])c2cnccc12)C(=O)O. The van der Waals surface area contributed by atoms with E-state index in [9.17, 15) is 14.9 Å². The van der Waals surface area contributed by atoms with Gasteiger partial charge in [-0.1, -0.05) is 6.08 Å². The summed E-state index contributed by atoms with van der Waals surface area (Å²) in [6.45, 7) is 3.52. The second-order valence-electron chi connectivity index (χ2n) is 4.37. The number of benzene rings is 1. The molecule has 1 heterocycles. The van der Waals surface area contributed by atoms with Crippen LogP contribution in [0.2, 0.25) is 0 Å². The third-order valence-electron chi connectivity index (χ3n) is 3.02. The van der Waals surface area contributed by atoms with Gasteiger partial charge in [0, 0.05) is 29.5 Å². The fourth-order valence-electron chi connectivity index (χ4n) is 2.04. The molecule has 1 atom stereocenters. The molecule has 0 radical (unpaired) electrons. The summed E-state index contributed by atoms with van der Waals surface area (Å²) in [7, 11) is 0. The van der Waals surface area contributed by atoms with Gasteiger partial charge in [-0.25, -0.2) is 4.79 Å². The Morgan fingerprint density at radius 3 is 2.86 bits per heavy atom. The summed E-state index contributed by atoms with van der Waals surface area (Å²) in [5.74, 6) is -1.02. The molecule has 0 aliphatic heterocycles. The van der Waals surface area contributed by atoms with Gasteiger partial charge in [-0.05, 0) is 18.6 Å². The van der Waals surface area contributed by atoms with Crippen molar-refractivity contribution in [2.45, 2.75) is 12.5 Å². The number of pyridine rings is 1. The number of nitro benzene ring substituents is 1. The van der Waals surface area contributed by atoms with Gasteiger partial charge in [-0.3, -0.25) is 15.1 Å². The lowest BCUT2D eigenvalue weighted by Crippen LogP contribution is -2.28. The van der Waals surface area contributed by atoms with Crippen LogP contribution < -0.4 is 5.32 Å². The summed E-state index contributed by atoms with van der Waals surface area (Å²) in [5.41, 5.74) is 0.437. The van der Waals surface area contributed by atoms with Gasteiger partial charge in [-0.15, -0.1) is 6.58 Å². The Kier molecular flexibility index (Phi) is 4.13. The predicted octanol–water partition coefficient (Wildman–Crippen LogP) is 2.58. The van der Waals surface area contributed by atoms with Crippen molar-refractivity contribution in [3.63, 3.8) is 0 Å². The first-order valence-electron chi connectivity index (χ1n) is 6.16. The number of anilines is 1. The number of nitrogens with one attached hydrogen (secondary N) is 1. The lowest BCUT2D eigenvalue weighted by molar-refractivity contribution is -0.383. The molecule has 1 unspecified atom stereocenters. The molecule has 108 valence electrons. The minimum atomic E-state index is -1.02. The quantitative estimate of drug-likeness (QED) is 0.480. The van der Waals surface area contributed by atoms with Crippen LogP contribution in [0.3, 0.4) is 0 Å². The summed E-state index contributed by atoms with van der Waals surface area (Å²) in [4.78, 5) is 25.6. The molecule has 1 aromatic carbocycles. The molecule has 1 aromatic heterocycles. The van der Waals surface area contributed by atoms with E-state index in [1.54, 1.807) is 6.07 Å². The highest BCUT2D eigenvalue weighted by Gasteiger charge is 2.19. The molecule has 0 spiro atoms. The molecule has 0 aliphatic rings. The van der Waals surface area contributed by atoms with Crippen LogP contribution in [0.5, 0.6) is 0 Å². The van der Waals surface area contributed by atoms with Crippen molar-refractivity contribution in [3.05, 3.63) is 53.4 Å². The number of nitrogens with zero attached hydrogens (tertiary/aromatic N) is 2. The normalized spacial score (nSPS) is 11.8. The molecule has 2 rings (SSSR count). The first-order valence-corrected chi connectivity index (χ1v) is 6.16. The Bertz CT molecular complexity index is 714. The van der Waals surface area contributed by atoms with E-state index in [1.165, 1.54) is 30.6 Å². The van der Waals surface area contributed by atoms with Crippen LogP contribution in [0.4, 0.5) is 11.4 Å². The predicted molar refractivity (Wildman–Crippen MR) is 78.3 cm³/mol. The average molecular weight is 287 g/mol. The van der Waals surface area contributed by atoms with Crippen molar-refractivity contribution in [2.75, 3.05) is 5.32 Å². The zero-order valence-electron chi connectivity index (χ0n) is 11.0. The van der Waals surface area contributed by atoms with E-state index < -0.39 is 16.9 Å². The number of aliphatic carboxylic acids is 1. The van der Waals surface area contributed by atoms with E-state index in [0.29, 0.717) is 16.5 Å². The molecule has 0 amide bonds. The topological polar surface area (TPSA) is 105 Å². The smallest absolute Gasteiger partial charge is 0.326 e. The molecule has 0 bridgehead atoms. The molecule has 0 saturated carbocycles. The minimum Gasteiger partial charge on any atom is -0.480 e. The number of carbonyl (C=O) groups is 1. The Morgan fingerprint density at radius 1 is 1.48 bits per heavy atom. The van der Waals surface area contributed by atoms with Gasteiger partial charge in [0.1, 0.15) is 6.04 Å². The number of hydrogen-bond acceptors (Lipinski definition) is 5. The van der Waals surface area contributed by atoms with E-state index in [-0.39, 0.29) is 12.1 Å². The summed E-state index contributed by atoms with van der Waals surface area (Å²) >= 11 is 0. The number of carboxylic acids is 1. The summed E-state index contributed by atoms with van der Waals surface area (Å²) in [5, 5.41) is 23.9. The zero-order chi connectivity index (χ0) is 15.4. The Balaban J connectivity index is 2.50. The summed E-state index contributed by atoms with van der Waals surface area (Å²) in [6.07, 6.45) is 4.63. The van der Waals surface area contributed by atoms with Gasteiger partial charge < -0.3 is 10.4 Å². The third kappa shape index (κ3) is 2.97. The standard InChI is InChI=1S/C14H13N3O4/c1-2-3-12(14(18)19)16-11-4-5-13(17(20)21)10-8-15-7-6-9(10)11/h2,4-8,12,16H,1,3H2,(H,18,19). The van der Waals surface area contributed by atoms with Crippen molar-refractivity contribution in [2.24, 2.45) is 0 Å². The molecule has 21 heavy (non-hydrogen) atoms. The number of fused-ring (bicyclic) bond motifs is 1. The second-order valence-corrected chi connectivity index (χ2v) is 4.37. The molecule has 2 aromatic rings. The van der Waals surface area contributed by atoms with E-state index in [1.807, 2.05) is 0 Å². The Morgan fingerprint density at radius 2 is 2.24 bits per heavy atom. The molecular weight excluding hydrogens is 274 g/mol. The molecule has 0 saturated heterocycles. The highest BCUT2D eigenvalue weighted by atomic mass is 16.6. The molecular formula is C14H13N3O4. The summed E-state index contributed by atoms with van der Waals surface area (Å²) in [6, 6.07) is 3.59. The highest BCUT2D eigenvalue weighted by Crippen LogP contribution is 2.31. The van der Waals surface area contributed by atoms with Crippen LogP contribution in [0.25, 0.3) is 10.8 Å². The third-order valence-corrected chi connectivity index (χ3v) is 3.02. The van der Waals surface area contributed by atoms with E-state index >= 15 is 0 Å². The minimum absolute atomic E-state index is 0.0701. The van der Waals surface area contributed by atoms with E-state index in [4.69, 9.17) is 5.11 Å². The number of rotatable bonds is 6.